The Kier molecular flexibility index (Phi) is 6.16. The van der Waals surface area contributed by atoms with Crippen molar-refractivity contribution in [1.82, 2.24) is 9.13 Å². The van der Waals surface area contributed by atoms with Crippen molar-refractivity contribution in [2.45, 2.75) is 0 Å². The van der Waals surface area contributed by atoms with E-state index in [0.717, 1.165) is 39.1 Å². The Hall–Kier alpha value is -6.71. The first-order chi connectivity index (χ1) is 26.8. The van der Waals surface area contributed by atoms with Gasteiger partial charge in [-0.05, 0) is 42.5 Å². The number of aromatic nitrogens is 2. The Morgan fingerprint density at radius 1 is 0.407 bits per heavy atom. The molecule has 0 spiro atoms. The summed E-state index contributed by atoms with van der Waals surface area (Å²) < 4.78 is 9.91. The van der Waals surface area contributed by atoms with Crippen molar-refractivity contribution in [2.24, 2.45) is 0 Å². The lowest BCUT2D eigenvalue weighted by Crippen LogP contribution is -2.03. The van der Waals surface area contributed by atoms with Gasteiger partial charge in [0.2, 0.25) is 0 Å². The maximum Gasteiger partial charge on any atom is 0.101 e. The fourth-order valence-corrected chi connectivity index (χ4v) is 11.4. The van der Waals surface area contributed by atoms with Crippen molar-refractivity contribution in [2.75, 3.05) is 0 Å². The van der Waals surface area contributed by atoms with Crippen molar-refractivity contribution in [3.63, 3.8) is 0 Å². The van der Waals surface area contributed by atoms with E-state index in [0.29, 0.717) is 5.56 Å². The van der Waals surface area contributed by atoms with Crippen LogP contribution in [-0.4, -0.2) is 9.13 Å². The molecule has 0 aliphatic carbocycles. The van der Waals surface area contributed by atoms with Crippen LogP contribution in [0.15, 0.2) is 164 Å². The Morgan fingerprint density at radius 2 is 0.981 bits per heavy atom. The summed E-state index contributed by atoms with van der Waals surface area (Å²) in [5.74, 6) is 0. The van der Waals surface area contributed by atoms with Crippen LogP contribution < -0.4 is 0 Å². The van der Waals surface area contributed by atoms with Gasteiger partial charge in [0.15, 0.2) is 0 Å². The number of nitriles is 1. The van der Waals surface area contributed by atoms with E-state index in [1.54, 1.807) is 0 Å². The topological polar surface area (TPSA) is 33.6 Å². The van der Waals surface area contributed by atoms with Crippen LogP contribution in [0, 0.1) is 11.3 Å². The van der Waals surface area contributed by atoms with Gasteiger partial charge < -0.3 is 9.13 Å². The molecule has 0 amide bonds. The average Bonchev–Trinajstić information content (AvgIpc) is 3.98. The lowest BCUT2D eigenvalue weighted by Gasteiger charge is -2.19. The number of hydrogen-bond acceptors (Lipinski definition) is 3. The fraction of sp³-hybridized carbons (Fsp3) is 0. The quantitative estimate of drug-likeness (QED) is 0.179. The molecule has 0 fully saturated rings. The van der Waals surface area contributed by atoms with Crippen LogP contribution in [0.25, 0.3) is 106 Å². The number of nitrogens with zero attached hydrogens (tertiary/aromatic N) is 3. The van der Waals surface area contributed by atoms with Gasteiger partial charge in [0.1, 0.15) is 6.07 Å². The molecule has 0 saturated heterocycles. The predicted octanol–water partition coefficient (Wildman–Crippen LogP) is 14.2. The van der Waals surface area contributed by atoms with Gasteiger partial charge in [-0.25, -0.2) is 0 Å². The molecular formula is C49H27N3S2. The fourth-order valence-electron chi connectivity index (χ4n) is 8.95. The van der Waals surface area contributed by atoms with E-state index >= 15 is 0 Å². The summed E-state index contributed by atoms with van der Waals surface area (Å²) in [4.78, 5) is 0. The van der Waals surface area contributed by atoms with Crippen LogP contribution in [0.1, 0.15) is 5.56 Å². The summed E-state index contributed by atoms with van der Waals surface area (Å²) in [6.45, 7) is 0. The maximum absolute atomic E-state index is 10.9. The van der Waals surface area contributed by atoms with Crippen LogP contribution in [0.2, 0.25) is 0 Å². The third-order valence-electron chi connectivity index (χ3n) is 11.2. The Morgan fingerprint density at radius 3 is 1.76 bits per heavy atom. The largest absolute Gasteiger partial charge is 0.309 e. The van der Waals surface area contributed by atoms with Gasteiger partial charge in [-0.1, -0.05) is 121 Å². The second-order valence-corrected chi connectivity index (χ2v) is 16.0. The van der Waals surface area contributed by atoms with E-state index < -0.39 is 0 Å². The number of rotatable bonds is 3. The van der Waals surface area contributed by atoms with Gasteiger partial charge in [0.05, 0.1) is 43.7 Å². The third-order valence-corrected chi connectivity index (χ3v) is 13.6. The summed E-state index contributed by atoms with van der Waals surface area (Å²) in [5, 5.41) is 20.9. The molecule has 0 unspecified atom stereocenters. The van der Waals surface area contributed by atoms with Crippen molar-refractivity contribution in [3.05, 3.63) is 169 Å². The van der Waals surface area contributed by atoms with Crippen LogP contribution in [0.5, 0.6) is 0 Å². The van der Waals surface area contributed by atoms with Crippen LogP contribution in [0.3, 0.4) is 0 Å². The second kappa shape index (κ2) is 11.1. The highest BCUT2D eigenvalue weighted by Crippen LogP contribution is 2.47. The van der Waals surface area contributed by atoms with Gasteiger partial charge in [0, 0.05) is 68.3 Å². The summed E-state index contributed by atoms with van der Waals surface area (Å²) in [6.07, 6.45) is 0. The number of hydrogen-bond donors (Lipinski definition) is 0. The zero-order valence-electron chi connectivity index (χ0n) is 28.7. The summed E-state index contributed by atoms with van der Waals surface area (Å²) in [6, 6.07) is 61.5. The van der Waals surface area contributed by atoms with Crippen molar-refractivity contribution in [3.8, 4) is 28.6 Å². The number of para-hydroxylation sites is 4. The highest BCUT2D eigenvalue weighted by molar-refractivity contribution is 7.27. The molecule has 0 N–H and O–H groups in total. The van der Waals surface area contributed by atoms with Crippen LogP contribution in [0.4, 0.5) is 0 Å². The highest BCUT2D eigenvalue weighted by atomic mass is 32.1. The summed E-state index contributed by atoms with van der Waals surface area (Å²) in [7, 11) is 0. The molecule has 4 heterocycles. The van der Waals surface area contributed by atoms with Gasteiger partial charge in [-0.3, -0.25) is 0 Å². The molecule has 3 nitrogen and oxygen atoms in total. The Bertz CT molecular complexity index is 3590. The third kappa shape index (κ3) is 3.93. The van der Waals surface area contributed by atoms with Gasteiger partial charge >= 0.3 is 0 Å². The van der Waals surface area contributed by atoms with Crippen LogP contribution >= 0.6 is 22.7 Å². The Labute approximate surface area is 317 Å². The molecule has 250 valence electrons. The number of thiophene rings is 2. The first-order valence-electron chi connectivity index (χ1n) is 18.1. The summed E-state index contributed by atoms with van der Waals surface area (Å²) >= 11 is 3.70. The predicted molar refractivity (Wildman–Crippen MR) is 231 cm³/mol. The van der Waals surface area contributed by atoms with E-state index in [-0.39, 0.29) is 0 Å². The second-order valence-electron chi connectivity index (χ2n) is 13.9. The van der Waals surface area contributed by atoms with Crippen molar-refractivity contribution in [1.29, 1.82) is 5.26 Å². The van der Waals surface area contributed by atoms with E-state index in [2.05, 4.69) is 167 Å². The van der Waals surface area contributed by atoms with E-state index in [9.17, 15) is 5.26 Å². The van der Waals surface area contributed by atoms with Crippen LogP contribution in [-0.2, 0) is 0 Å². The van der Waals surface area contributed by atoms with E-state index in [1.165, 1.54) is 67.4 Å². The first-order valence-corrected chi connectivity index (χ1v) is 19.7. The average molecular weight is 722 g/mol. The molecule has 12 rings (SSSR count). The smallest absolute Gasteiger partial charge is 0.101 e. The minimum atomic E-state index is 0.636. The summed E-state index contributed by atoms with van der Waals surface area (Å²) in [5.41, 5.74) is 9.25. The molecule has 0 aliphatic rings. The molecule has 0 bridgehead atoms. The highest BCUT2D eigenvalue weighted by Gasteiger charge is 2.24. The van der Waals surface area contributed by atoms with Crippen molar-refractivity contribution >= 4 is 107 Å². The zero-order valence-corrected chi connectivity index (χ0v) is 30.4. The van der Waals surface area contributed by atoms with Gasteiger partial charge in [0.25, 0.3) is 0 Å². The number of fused-ring (bicyclic) bond motifs is 14. The molecule has 0 aliphatic heterocycles. The zero-order chi connectivity index (χ0) is 35.5. The molecule has 0 atom stereocenters. The molecule has 0 radical (unpaired) electrons. The monoisotopic (exact) mass is 721 g/mol. The van der Waals surface area contributed by atoms with E-state index in [1.807, 2.05) is 34.8 Å². The molecule has 8 aromatic carbocycles. The SMILES string of the molecule is N#Cc1cccc(-c2ccccc2-n2c3ccccc3c3c4sc5ccccc5c4ccc32)c1-n1c2ccccc2c2ccc3c4ccccc4sc3c21. The molecule has 54 heavy (non-hydrogen) atoms. The molecule has 5 heteroatoms. The normalized spacial score (nSPS) is 12.1. The Balaban J connectivity index is 1.21. The molecular weight excluding hydrogens is 695 g/mol. The first kappa shape index (κ1) is 29.8. The van der Waals surface area contributed by atoms with Crippen molar-refractivity contribution < 1.29 is 0 Å². The lowest BCUT2D eigenvalue weighted by molar-refractivity contribution is 1.16. The van der Waals surface area contributed by atoms with Gasteiger partial charge in [-0.15, -0.1) is 22.7 Å². The maximum atomic E-state index is 10.9. The van der Waals surface area contributed by atoms with Gasteiger partial charge in [-0.2, -0.15) is 5.26 Å². The van der Waals surface area contributed by atoms with E-state index in [4.69, 9.17) is 0 Å². The molecule has 0 saturated carbocycles. The lowest BCUT2D eigenvalue weighted by atomic mass is 9.98. The molecule has 12 aromatic rings. The molecule has 4 aromatic heterocycles. The standard InChI is InChI=1S/C49H27N3S2/c50-28-29-12-11-18-34(46(29)52-40-20-7-2-14-31(40)35-24-25-37-33-16-5-10-23-44(33)54-49(37)47(35)52)30-13-1-6-19-39(30)51-41-21-8-3-17-38(41)45-42(51)27-26-36-32-15-4-9-22-43(32)53-48(36)45/h1-27H. The number of benzene rings is 8. The minimum Gasteiger partial charge on any atom is -0.309 e. The minimum absolute atomic E-state index is 0.636.